The zero-order chi connectivity index (χ0) is 12.9. The minimum Gasteiger partial charge on any atom is -0.586 e. The van der Waals surface area contributed by atoms with E-state index in [0.717, 1.165) is 25.0 Å². The molecule has 0 saturated heterocycles. The Morgan fingerprint density at radius 2 is 2.00 bits per heavy atom. The maximum absolute atomic E-state index is 12.4. The van der Waals surface area contributed by atoms with Crippen LogP contribution in [0.5, 0.6) is 5.75 Å². The standard InChI is InChI=1S/C11H12BrF3NO.Li/c1-2-3-6-16-17-10-7-8(11(13,14)15)4-5-9(10)12;/h4-5,7H,2-3,6H2,1H3;/q-1;+1. The molecule has 0 amide bonds. The van der Waals surface area contributed by atoms with Gasteiger partial charge in [-0.1, -0.05) is 19.8 Å². The third kappa shape index (κ3) is 5.66. The van der Waals surface area contributed by atoms with Crippen molar-refractivity contribution in [2.75, 3.05) is 6.54 Å². The molecule has 0 aliphatic carbocycles. The van der Waals surface area contributed by atoms with Crippen molar-refractivity contribution in [1.82, 2.24) is 0 Å². The minimum atomic E-state index is -4.37. The summed E-state index contributed by atoms with van der Waals surface area (Å²) in [7, 11) is 0. The third-order valence-corrected chi connectivity index (χ3v) is 2.68. The number of nitrogens with zero attached hydrogens (tertiary/aromatic N) is 1. The van der Waals surface area contributed by atoms with Crippen molar-refractivity contribution in [3.05, 3.63) is 33.7 Å². The summed E-state index contributed by atoms with van der Waals surface area (Å²) < 4.78 is 37.8. The fourth-order valence-electron chi connectivity index (χ4n) is 1.09. The molecule has 0 heterocycles. The molecule has 96 valence electrons. The number of hydrogen-bond acceptors (Lipinski definition) is 1. The topological polar surface area (TPSA) is 23.3 Å². The smallest absolute Gasteiger partial charge is 0.586 e. The van der Waals surface area contributed by atoms with Gasteiger partial charge in [0.25, 0.3) is 0 Å². The summed E-state index contributed by atoms with van der Waals surface area (Å²) in [5, 5.41) is 0. The summed E-state index contributed by atoms with van der Waals surface area (Å²) in [5.74, 6) is 0.0796. The molecule has 1 rings (SSSR count). The number of hydrogen-bond donors (Lipinski definition) is 0. The Bertz CT molecular complexity index is 374. The van der Waals surface area contributed by atoms with Gasteiger partial charge in [0.15, 0.2) is 0 Å². The number of rotatable bonds is 5. The average molecular weight is 318 g/mol. The van der Waals surface area contributed by atoms with Crippen LogP contribution in [0.3, 0.4) is 0 Å². The van der Waals surface area contributed by atoms with Crippen LogP contribution in [0.2, 0.25) is 0 Å². The first-order valence-electron chi connectivity index (χ1n) is 5.15. The minimum absolute atomic E-state index is 0. The number of halogens is 4. The first-order valence-corrected chi connectivity index (χ1v) is 5.95. The predicted molar refractivity (Wildman–Crippen MR) is 62.9 cm³/mol. The van der Waals surface area contributed by atoms with Crippen molar-refractivity contribution < 1.29 is 36.9 Å². The van der Waals surface area contributed by atoms with Gasteiger partial charge in [0, 0.05) is 0 Å². The first-order chi connectivity index (χ1) is 7.95. The monoisotopic (exact) mass is 317 g/mol. The molecule has 18 heavy (non-hydrogen) atoms. The van der Waals surface area contributed by atoms with E-state index in [1.165, 1.54) is 6.07 Å². The molecule has 0 aliphatic heterocycles. The summed E-state index contributed by atoms with van der Waals surface area (Å²) in [6, 6.07) is 3.22. The fourth-order valence-corrected chi connectivity index (χ4v) is 1.41. The summed E-state index contributed by atoms with van der Waals surface area (Å²) >= 11 is 3.11. The molecule has 0 radical (unpaired) electrons. The van der Waals surface area contributed by atoms with Crippen LogP contribution >= 0.6 is 15.9 Å². The molecule has 0 bridgehead atoms. The van der Waals surface area contributed by atoms with Gasteiger partial charge in [-0.3, -0.25) is 0 Å². The van der Waals surface area contributed by atoms with Crippen molar-refractivity contribution in [2.45, 2.75) is 25.9 Å². The Hall–Kier alpha value is -0.153. The molecular formula is C11H12BrF3LiNO. The van der Waals surface area contributed by atoms with Gasteiger partial charge in [0.1, 0.15) is 5.75 Å². The number of benzene rings is 1. The normalized spacial score (nSPS) is 10.9. The van der Waals surface area contributed by atoms with Crippen molar-refractivity contribution in [1.29, 1.82) is 0 Å². The van der Waals surface area contributed by atoms with Crippen LogP contribution in [-0.4, -0.2) is 6.54 Å². The second-order valence-corrected chi connectivity index (χ2v) is 4.29. The third-order valence-electron chi connectivity index (χ3n) is 2.02. The van der Waals surface area contributed by atoms with Gasteiger partial charge in [-0.05, 0) is 34.1 Å². The zero-order valence-corrected chi connectivity index (χ0v) is 11.8. The van der Waals surface area contributed by atoms with Gasteiger partial charge in [-0.15, -0.1) is 6.54 Å². The Labute approximate surface area is 125 Å². The van der Waals surface area contributed by atoms with E-state index in [0.29, 0.717) is 11.0 Å². The van der Waals surface area contributed by atoms with Crippen molar-refractivity contribution in [3.63, 3.8) is 0 Å². The molecule has 0 N–H and O–H groups in total. The van der Waals surface area contributed by atoms with Crippen LogP contribution in [0.25, 0.3) is 5.48 Å². The molecule has 0 aliphatic rings. The number of alkyl halides is 3. The van der Waals surface area contributed by atoms with E-state index in [1.807, 2.05) is 6.92 Å². The second-order valence-electron chi connectivity index (χ2n) is 3.44. The SMILES string of the molecule is CCCC[N-]Oc1cc(C(F)(F)F)ccc1Br.[Li+]. The van der Waals surface area contributed by atoms with Crippen molar-refractivity contribution >= 4 is 15.9 Å². The Morgan fingerprint density at radius 3 is 2.56 bits per heavy atom. The van der Waals surface area contributed by atoms with E-state index < -0.39 is 11.7 Å². The Morgan fingerprint density at radius 1 is 1.33 bits per heavy atom. The molecule has 0 spiro atoms. The molecule has 0 unspecified atom stereocenters. The van der Waals surface area contributed by atoms with Gasteiger partial charge in [-0.2, -0.15) is 13.2 Å². The van der Waals surface area contributed by atoms with E-state index in [2.05, 4.69) is 21.4 Å². The van der Waals surface area contributed by atoms with Crippen LogP contribution in [0, 0.1) is 0 Å². The Kier molecular flexibility index (Phi) is 8.04. The molecular weight excluding hydrogens is 306 g/mol. The van der Waals surface area contributed by atoms with Crippen LogP contribution in [0.1, 0.15) is 25.3 Å². The summed E-state index contributed by atoms with van der Waals surface area (Å²) in [5.41, 5.74) is 2.97. The van der Waals surface area contributed by atoms with Crippen LogP contribution in [0.4, 0.5) is 13.2 Å². The maximum Gasteiger partial charge on any atom is 1.00 e. The predicted octanol–water partition coefficient (Wildman–Crippen LogP) is 1.94. The maximum atomic E-state index is 12.4. The first kappa shape index (κ1) is 17.8. The van der Waals surface area contributed by atoms with E-state index in [-0.39, 0.29) is 24.6 Å². The molecule has 7 heteroatoms. The van der Waals surface area contributed by atoms with Crippen LogP contribution in [-0.2, 0) is 6.18 Å². The average Bonchev–Trinajstić information content (AvgIpc) is 2.25. The molecule has 2 nitrogen and oxygen atoms in total. The van der Waals surface area contributed by atoms with E-state index >= 15 is 0 Å². The molecule has 0 saturated carbocycles. The largest absolute Gasteiger partial charge is 1.00 e. The van der Waals surface area contributed by atoms with Gasteiger partial charge >= 0.3 is 25.0 Å². The molecule has 0 atom stereocenters. The Balaban J connectivity index is 0.00000289. The summed E-state index contributed by atoms with van der Waals surface area (Å²) in [6.07, 6.45) is -2.57. The molecule has 0 aromatic heterocycles. The van der Waals surface area contributed by atoms with Crippen molar-refractivity contribution in [3.8, 4) is 5.75 Å². The second kappa shape index (κ2) is 8.11. The van der Waals surface area contributed by atoms with Crippen LogP contribution < -0.4 is 23.7 Å². The number of hydroxylamine groups is 1. The molecule has 1 aromatic rings. The van der Waals surface area contributed by atoms with Gasteiger partial charge in [0.05, 0.1) is 10.0 Å². The van der Waals surface area contributed by atoms with Gasteiger partial charge in [-0.25, -0.2) is 0 Å². The van der Waals surface area contributed by atoms with Crippen LogP contribution in [0.15, 0.2) is 22.7 Å². The molecule has 1 aromatic carbocycles. The zero-order valence-electron chi connectivity index (χ0n) is 10.2. The molecule has 0 fully saturated rings. The fraction of sp³-hybridized carbons (Fsp3) is 0.455. The van der Waals surface area contributed by atoms with Gasteiger partial charge in [0.2, 0.25) is 0 Å². The van der Waals surface area contributed by atoms with Crippen molar-refractivity contribution in [2.24, 2.45) is 0 Å². The quantitative estimate of drug-likeness (QED) is 0.462. The summed E-state index contributed by atoms with van der Waals surface area (Å²) in [4.78, 5) is 4.95. The van der Waals surface area contributed by atoms with Gasteiger partial charge < -0.3 is 10.3 Å². The van der Waals surface area contributed by atoms with E-state index in [9.17, 15) is 13.2 Å². The van der Waals surface area contributed by atoms with E-state index in [1.54, 1.807) is 0 Å². The number of unbranched alkanes of at least 4 members (excludes halogenated alkanes) is 1. The van der Waals surface area contributed by atoms with E-state index in [4.69, 9.17) is 4.84 Å². The summed E-state index contributed by atoms with van der Waals surface area (Å²) in [6.45, 7) is 2.47.